The minimum atomic E-state index is -1.07. The minimum absolute atomic E-state index is 0. The summed E-state index contributed by atoms with van der Waals surface area (Å²) in [4.78, 5) is 15.2. The molecule has 1 aromatic carbocycles. The molecule has 0 aliphatic rings. The van der Waals surface area contributed by atoms with Gasteiger partial charge in [0.15, 0.2) is 5.69 Å². The molecule has 7 heteroatoms. The Balaban J connectivity index is 0.00000180. The maximum atomic E-state index is 11.2. The van der Waals surface area contributed by atoms with Gasteiger partial charge >= 0.3 is 5.97 Å². The summed E-state index contributed by atoms with van der Waals surface area (Å²) in [6.07, 6.45) is 0. The van der Waals surface area contributed by atoms with E-state index in [9.17, 15) is 9.90 Å². The van der Waals surface area contributed by atoms with Crippen LogP contribution in [-0.4, -0.2) is 20.6 Å². The molecular formula is C12H10AgBrClN2O2. The molecule has 0 spiro atoms. The zero-order valence-electron chi connectivity index (χ0n) is 9.77. The van der Waals surface area contributed by atoms with E-state index < -0.39 is 5.97 Å². The maximum Gasteiger partial charge on any atom is 0.355 e. The molecule has 0 bridgehead atoms. The van der Waals surface area contributed by atoms with Gasteiger partial charge in [-0.1, -0.05) is 30.3 Å². The summed E-state index contributed by atoms with van der Waals surface area (Å²) in [6.45, 7) is 1.88. The van der Waals surface area contributed by atoms with Crippen LogP contribution in [-0.2, 0) is 22.4 Å². The molecule has 0 aliphatic carbocycles. The van der Waals surface area contributed by atoms with E-state index in [1.165, 1.54) is 4.57 Å². The van der Waals surface area contributed by atoms with E-state index in [0.717, 1.165) is 5.56 Å². The van der Waals surface area contributed by atoms with Gasteiger partial charge in [0.2, 0.25) is 5.28 Å². The molecule has 2 rings (SSSR count). The molecule has 0 saturated heterocycles. The summed E-state index contributed by atoms with van der Waals surface area (Å²) < 4.78 is 1.73. The van der Waals surface area contributed by atoms with E-state index in [1.807, 2.05) is 37.3 Å². The summed E-state index contributed by atoms with van der Waals surface area (Å²) in [5, 5.41) is 9.35. The summed E-state index contributed by atoms with van der Waals surface area (Å²) >= 11 is 9.11. The average Bonchev–Trinajstić information content (AvgIpc) is 2.64. The molecule has 0 aliphatic heterocycles. The predicted molar refractivity (Wildman–Crippen MR) is 72.2 cm³/mol. The van der Waals surface area contributed by atoms with Gasteiger partial charge in [0.1, 0.15) is 4.60 Å². The van der Waals surface area contributed by atoms with E-state index in [2.05, 4.69) is 20.9 Å². The Morgan fingerprint density at radius 3 is 2.53 bits per heavy atom. The monoisotopic (exact) mass is 435 g/mol. The molecule has 1 radical (unpaired) electrons. The van der Waals surface area contributed by atoms with E-state index in [0.29, 0.717) is 0 Å². The summed E-state index contributed by atoms with van der Waals surface area (Å²) in [7, 11) is 0. The fraction of sp³-hybridized carbons (Fsp3) is 0.167. The second-order valence-corrected chi connectivity index (χ2v) is 4.87. The molecule has 1 N–H and O–H groups in total. The van der Waals surface area contributed by atoms with Crippen molar-refractivity contribution in [2.45, 2.75) is 13.0 Å². The topological polar surface area (TPSA) is 55.1 Å². The van der Waals surface area contributed by atoms with Gasteiger partial charge in [-0.25, -0.2) is 9.78 Å². The molecule has 0 amide bonds. The van der Waals surface area contributed by atoms with Gasteiger partial charge in [-0.2, -0.15) is 0 Å². The number of aromatic nitrogens is 2. The van der Waals surface area contributed by atoms with Crippen LogP contribution < -0.4 is 0 Å². The number of rotatable bonds is 3. The Bertz CT molecular complexity index is 589. The molecule has 0 saturated carbocycles. The molecule has 105 valence electrons. The fourth-order valence-electron chi connectivity index (χ4n) is 1.80. The molecule has 19 heavy (non-hydrogen) atoms. The molecule has 4 nitrogen and oxygen atoms in total. The molecular weight excluding hydrogens is 427 g/mol. The summed E-state index contributed by atoms with van der Waals surface area (Å²) in [5.74, 6) is -1.07. The van der Waals surface area contributed by atoms with Gasteiger partial charge in [-0.05, 0) is 40.0 Å². The number of carboxylic acids is 1. The SMILES string of the molecule is CC(c1ccccc1)n1c(Cl)nc(Br)c1C(=O)O.[Ag]. The quantitative estimate of drug-likeness (QED) is 0.747. The largest absolute Gasteiger partial charge is 0.476 e. The van der Waals surface area contributed by atoms with E-state index >= 15 is 0 Å². The van der Waals surface area contributed by atoms with Crippen LogP contribution >= 0.6 is 27.5 Å². The Morgan fingerprint density at radius 1 is 1.42 bits per heavy atom. The summed E-state index contributed by atoms with van der Waals surface area (Å²) in [5.41, 5.74) is 1.02. The average molecular weight is 437 g/mol. The van der Waals surface area contributed by atoms with Crippen molar-refractivity contribution in [2.24, 2.45) is 0 Å². The van der Waals surface area contributed by atoms with Crippen LogP contribution in [0.25, 0.3) is 0 Å². The first kappa shape index (κ1) is 16.5. The van der Waals surface area contributed by atoms with Crippen LogP contribution in [0.15, 0.2) is 34.9 Å². The van der Waals surface area contributed by atoms with E-state index in [4.69, 9.17) is 11.6 Å². The van der Waals surface area contributed by atoms with Crippen molar-refractivity contribution < 1.29 is 32.3 Å². The number of carbonyl (C=O) groups is 1. The molecule has 0 fully saturated rings. The van der Waals surface area contributed by atoms with Crippen LogP contribution in [0.1, 0.15) is 29.0 Å². The number of hydrogen-bond donors (Lipinski definition) is 1. The van der Waals surface area contributed by atoms with Crippen molar-refractivity contribution in [3.63, 3.8) is 0 Å². The van der Waals surface area contributed by atoms with Crippen LogP contribution in [0.4, 0.5) is 0 Å². The van der Waals surface area contributed by atoms with Crippen LogP contribution in [0.2, 0.25) is 5.28 Å². The van der Waals surface area contributed by atoms with Crippen molar-refractivity contribution in [3.05, 3.63) is 51.5 Å². The van der Waals surface area contributed by atoms with Gasteiger partial charge in [-0.3, -0.25) is 0 Å². The first-order chi connectivity index (χ1) is 8.52. The number of nitrogens with zero attached hydrogens (tertiary/aromatic N) is 2. The maximum absolute atomic E-state index is 11.2. The smallest absolute Gasteiger partial charge is 0.355 e. The van der Waals surface area contributed by atoms with Crippen molar-refractivity contribution >= 4 is 33.5 Å². The zero-order valence-corrected chi connectivity index (χ0v) is 13.6. The van der Waals surface area contributed by atoms with E-state index in [1.54, 1.807) is 0 Å². The first-order valence-electron chi connectivity index (χ1n) is 5.24. The number of hydrogen-bond acceptors (Lipinski definition) is 2. The molecule has 1 aromatic heterocycles. The van der Waals surface area contributed by atoms with Crippen LogP contribution in [0.5, 0.6) is 0 Å². The van der Waals surface area contributed by atoms with Crippen molar-refractivity contribution in [2.75, 3.05) is 0 Å². The van der Waals surface area contributed by atoms with Crippen molar-refractivity contribution in [3.8, 4) is 0 Å². The molecule has 1 atom stereocenters. The third-order valence-electron chi connectivity index (χ3n) is 2.70. The zero-order chi connectivity index (χ0) is 13.3. The van der Waals surface area contributed by atoms with Crippen LogP contribution in [0.3, 0.4) is 0 Å². The number of aromatic carboxylic acids is 1. The molecule has 1 unspecified atom stereocenters. The van der Waals surface area contributed by atoms with Crippen molar-refractivity contribution in [1.29, 1.82) is 0 Å². The molecule has 2 aromatic rings. The third kappa shape index (κ3) is 3.30. The van der Waals surface area contributed by atoms with E-state index in [-0.39, 0.29) is 44.0 Å². The van der Waals surface area contributed by atoms with Crippen molar-refractivity contribution in [1.82, 2.24) is 9.55 Å². The Kier molecular flexibility index (Phi) is 5.82. The molecule has 1 heterocycles. The number of carboxylic acid groups (broad SMARTS) is 1. The normalized spacial score (nSPS) is 11.7. The summed E-state index contributed by atoms with van der Waals surface area (Å²) in [6, 6.07) is 9.32. The number of imidazole rings is 1. The van der Waals surface area contributed by atoms with Gasteiger partial charge in [0, 0.05) is 22.4 Å². The number of benzene rings is 1. The van der Waals surface area contributed by atoms with Gasteiger partial charge in [-0.15, -0.1) is 0 Å². The van der Waals surface area contributed by atoms with Gasteiger partial charge in [0.05, 0.1) is 6.04 Å². The Morgan fingerprint density at radius 2 is 2.00 bits per heavy atom. The second kappa shape index (κ2) is 6.72. The minimum Gasteiger partial charge on any atom is -0.476 e. The predicted octanol–water partition coefficient (Wildman–Crippen LogP) is 3.60. The Hall–Kier alpha value is -0.590. The second-order valence-electron chi connectivity index (χ2n) is 3.78. The van der Waals surface area contributed by atoms with Crippen LogP contribution in [0, 0.1) is 0 Å². The first-order valence-corrected chi connectivity index (χ1v) is 6.41. The number of halogens is 2. The Labute approximate surface area is 139 Å². The standard InChI is InChI=1S/C12H10BrClN2O2.Ag/c1-7(8-5-3-2-4-6-8)16-9(11(17)18)10(13)15-12(16)14;/h2-7H,1H3,(H,17,18);. The fourth-order valence-corrected chi connectivity index (χ4v) is 2.75. The third-order valence-corrected chi connectivity index (χ3v) is 3.52. The van der Waals surface area contributed by atoms with Gasteiger partial charge in [0.25, 0.3) is 0 Å². The van der Waals surface area contributed by atoms with Gasteiger partial charge < -0.3 is 9.67 Å².